The van der Waals surface area contributed by atoms with Crippen LogP contribution in [0, 0.1) is 30.0 Å². The topological polar surface area (TPSA) is 46.4 Å². The van der Waals surface area contributed by atoms with E-state index in [9.17, 15) is 9.65 Å². The number of nitriles is 1. The molecule has 2 aromatic rings. The molecular formula is C26H30FN5. The van der Waals surface area contributed by atoms with Gasteiger partial charge in [0.15, 0.2) is 0 Å². The molecule has 0 amide bonds. The molecule has 32 heavy (non-hydrogen) atoms. The molecule has 3 aliphatic rings. The number of hydrogen-bond donors (Lipinski definition) is 0. The molecule has 166 valence electrons. The Morgan fingerprint density at radius 2 is 2.03 bits per heavy atom. The van der Waals surface area contributed by atoms with Crippen molar-refractivity contribution in [2.75, 3.05) is 32.1 Å². The molecule has 6 heteroatoms. The molecule has 5 rings (SSSR count). The van der Waals surface area contributed by atoms with E-state index in [1.54, 1.807) is 12.3 Å². The fourth-order valence-electron chi connectivity index (χ4n) is 5.76. The normalized spacial score (nSPS) is 27.2. The van der Waals surface area contributed by atoms with E-state index >= 15 is 0 Å². The fraction of sp³-hybridized carbons (Fsp3) is 0.462. The molecule has 0 bridgehead atoms. The lowest BCUT2D eigenvalue weighted by Crippen LogP contribution is -2.67. The summed E-state index contributed by atoms with van der Waals surface area (Å²) in [6.07, 6.45) is 6.20. The summed E-state index contributed by atoms with van der Waals surface area (Å²) in [7, 11) is 4.19. The maximum atomic E-state index is 14.1. The molecule has 0 atom stereocenters. The molecule has 2 saturated carbocycles. The smallest absolute Gasteiger partial charge is 0.140 e. The lowest BCUT2D eigenvalue weighted by atomic mass is 9.58. The zero-order valence-electron chi connectivity index (χ0n) is 19.1. The van der Waals surface area contributed by atoms with Gasteiger partial charge in [0, 0.05) is 13.1 Å². The highest BCUT2D eigenvalue weighted by Crippen LogP contribution is 2.59. The van der Waals surface area contributed by atoms with Gasteiger partial charge in [-0.3, -0.25) is 4.90 Å². The van der Waals surface area contributed by atoms with Crippen molar-refractivity contribution in [3.63, 3.8) is 0 Å². The van der Waals surface area contributed by atoms with E-state index in [4.69, 9.17) is 0 Å². The summed E-state index contributed by atoms with van der Waals surface area (Å²) in [6, 6.07) is 11.0. The van der Waals surface area contributed by atoms with Crippen molar-refractivity contribution in [2.45, 2.75) is 43.7 Å². The Bertz CT molecular complexity index is 1110. The lowest BCUT2D eigenvalue weighted by molar-refractivity contribution is -0.0721. The number of aryl methyl sites for hydroxylation is 1. The average molecular weight is 432 g/mol. The molecule has 3 fully saturated rings. The molecule has 1 aromatic heterocycles. The van der Waals surface area contributed by atoms with Crippen LogP contribution < -0.4 is 4.90 Å². The third-order valence-corrected chi connectivity index (χ3v) is 7.74. The monoisotopic (exact) mass is 431 g/mol. The Kier molecular flexibility index (Phi) is 4.79. The highest BCUT2D eigenvalue weighted by atomic mass is 19.1. The van der Waals surface area contributed by atoms with Gasteiger partial charge in [-0.05, 0) is 81.9 Å². The second-order valence-corrected chi connectivity index (χ2v) is 10.0. The minimum atomic E-state index is -0.196. The first-order chi connectivity index (χ1) is 15.3. The van der Waals surface area contributed by atoms with Crippen molar-refractivity contribution in [2.24, 2.45) is 5.92 Å². The number of nitrogens with zero attached hydrogens (tertiary/aromatic N) is 5. The van der Waals surface area contributed by atoms with Crippen LogP contribution in [-0.2, 0) is 5.54 Å². The summed E-state index contributed by atoms with van der Waals surface area (Å²) in [4.78, 5) is 11.4. The number of pyridine rings is 1. The largest absolute Gasteiger partial charge is 0.351 e. The van der Waals surface area contributed by atoms with Gasteiger partial charge >= 0.3 is 0 Å². The van der Waals surface area contributed by atoms with E-state index < -0.39 is 0 Å². The third-order valence-electron chi connectivity index (χ3n) is 7.74. The number of anilines is 1. The van der Waals surface area contributed by atoms with Crippen LogP contribution in [0.25, 0.3) is 0 Å². The van der Waals surface area contributed by atoms with Crippen molar-refractivity contribution in [3.05, 3.63) is 71.6 Å². The zero-order valence-corrected chi connectivity index (χ0v) is 19.1. The van der Waals surface area contributed by atoms with E-state index in [0.717, 1.165) is 54.5 Å². The van der Waals surface area contributed by atoms with Gasteiger partial charge in [-0.25, -0.2) is 9.37 Å². The SMILES string of the molecule is C=C1N(c2cnc(C#N)cc2C)CC2(CC(c3cccc(F)c3)(N(C)C)C2)N1CC1CC1. The summed E-state index contributed by atoms with van der Waals surface area (Å²) in [6.45, 7) is 8.38. The molecule has 1 saturated heterocycles. The van der Waals surface area contributed by atoms with Crippen LogP contribution in [0.2, 0.25) is 0 Å². The molecule has 0 N–H and O–H groups in total. The maximum absolute atomic E-state index is 14.1. The Morgan fingerprint density at radius 3 is 2.62 bits per heavy atom. The highest BCUT2D eigenvalue weighted by molar-refractivity contribution is 5.60. The summed E-state index contributed by atoms with van der Waals surface area (Å²) in [5.74, 6) is 1.56. The third kappa shape index (κ3) is 3.18. The van der Waals surface area contributed by atoms with E-state index in [-0.39, 0.29) is 16.9 Å². The molecule has 1 aliphatic heterocycles. The standard InChI is InChI=1S/C26H30FN5/c1-18-10-23(12-28)29-13-24(18)31-17-25(32(19(31)2)14-20-8-9-20)15-26(16-25,30(3)4)21-6-5-7-22(27)11-21/h5-7,10-11,13,20H,2,8-9,14-17H2,1,3-4H3. The van der Waals surface area contributed by atoms with Crippen molar-refractivity contribution in [1.82, 2.24) is 14.8 Å². The summed E-state index contributed by atoms with van der Waals surface area (Å²) in [5, 5.41) is 9.20. The van der Waals surface area contributed by atoms with Crippen molar-refractivity contribution >= 4 is 5.69 Å². The number of aromatic nitrogens is 1. The summed E-state index contributed by atoms with van der Waals surface area (Å²) < 4.78 is 14.1. The Balaban J connectivity index is 1.50. The lowest BCUT2D eigenvalue weighted by Gasteiger charge is -2.61. The number of rotatable bonds is 5. The van der Waals surface area contributed by atoms with Crippen LogP contribution in [-0.4, -0.2) is 47.5 Å². The molecule has 0 unspecified atom stereocenters. The van der Waals surface area contributed by atoms with E-state index in [1.807, 2.05) is 19.1 Å². The molecule has 5 nitrogen and oxygen atoms in total. The Labute approximate surface area is 189 Å². The van der Waals surface area contributed by atoms with Gasteiger partial charge in [-0.1, -0.05) is 18.7 Å². The molecule has 2 heterocycles. The first-order valence-electron chi connectivity index (χ1n) is 11.3. The first kappa shape index (κ1) is 21.0. The van der Waals surface area contributed by atoms with Crippen LogP contribution in [0.15, 0.2) is 48.9 Å². The Hall–Kier alpha value is -2.91. The van der Waals surface area contributed by atoms with Crippen LogP contribution >= 0.6 is 0 Å². The minimum Gasteiger partial charge on any atom is -0.351 e. The molecular weight excluding hydrogens is 401 g/mol. The first-order valence-corrected chi connectivity index (χ1v) is 11.3. The van der Waals surface area contributed by atoms with Gasteiger partial charge in [-0.2, -0.15) is 5.26 Å². The number of hydrogen-bond acceptors (Lipinski definition) is 5. The second kappa shape index (κ2) is 7.31. The molecule has 1 spiro atoms. The van der Waals surface area contributed by atoms with E-state index in [0.29, 0.717) is 5.69 Å². The van der Waals surface area contributed by atoms with Gasteiger partial charge < -0.3 is 9.80 Å². The van der Waals surface area contributed by atoms with E-state index in [1.165, 1.54) is 18.9 Å². The van der Waals surface area contributed by atoms with Gasteiger partial charge in [0.2, 0.25) is 0 Å². The highest BCUT2D eigenvalue weighted by Gasteiger charge is 2.63. The predicted molar refractivity (Wildman–Crippen MR) is 123 cm³/mol. The number of halogens is 1. The molecule has 0 radical (unpaired) electrons. The summed E-state index contributed by atoms with van der Waals surface area (Å²) >= 11 is 0. The van der Waals surface area contributed by atoms with Gasteiger partial charge in [0.25, 0.3) is 0 Å². The second-order valence-electron chi connectivity index (χ2n) is 10.0. The average Bonchev–Trinajstić information content (AvgIpc) is 3.51. The van der Waals surface area contributed by atoms with Gasteiger partial charge in [-0.15, -0.1) is 0 Å². The van der Waals surface area contributed by atoms with Crippen molar-refractivity contribution in [1.29, 1.82) is 5.26 Å². The zero-order chi connectivity index (χ0) is 22.7. The van der Waals surface area contributed by atoms with Crippen LogP contribution in [0.5, 0.6) is 0 Å². The fourth-order valence-corrected chi connectivity index (χ4v) is 5.76. The van der Waals surface area contributed by atoms with Crippen molar-refractivity contribution < 1.29 is 4.39 Å². The summed E-state index contributed by atoms with van der Waals surface area (Å²) in [5.41, 5.74) is 3.28. The van der Waals surface area contributed by atoms with E-state index in [2.05, 4.69) is 52.5 Å². The number of benzene rings is 1. The van der Waals surface area contributed by atoms with Crippen molar-refractivity contribution in [3.8, 4) is 6.07 Å². The van der Waals surface area contributed by atoms with Gasteiger partial charge in [0.1, 0.15) is 23.4 Å². The van der Waals surface area contributed by atoms with Gasteiger partial charge in [0.05, 0.1) is 23.0 Å². The van der Waals surface area contributed by atoms with Crippen LogP contribution in [0.4, 0.5) is 10.1 Å². The minimum absolute atomic E-state index is 0.0450. The maximum Gasteiger partial charge on any atom is 0.140 e. The van der Waals surface area contributed by atoms with Crippen LogP contribution in [0.1, 0.15) is 42.5 Å². The predicted octanol–water partition coefficient (Wildman–Crippen LogP) is 4.39. The molecule has 2 aliphatic carbocycles. The van der Waals surface area contributed by atoms with Crippen LogP contribution in [0.3, 0.4) is 0 Å². The molecule has 1 aromatic carbocycles. The Morgan fingerprint density at radius 1 is 1.28 bits per heavy atom. The quantitative estimate of drug-likeness (QED) is 0.703.